The second kappa shape index (κ2) is 11.5. The van der Waals surface area contributed by atoms with Crippen LogP contribution in [0.5, 0.6) is 5.75 Å². The van der Waals surface area contributed by atoms with Gasteiger partial charge in [-0.1, -0.05) is 62.4 Å². The largest absolute Gasteiger partial charge is 0.423 e. The zero-order valence-electron chi connectivity index (χ0n) is 18.4. The fourth-order valence-electron chi connectivity index (χ4n) is 3.01. The lowest BCUT2D eigenvalue weighted by molar-refractivity contribution is -0.128. The van der Waals surface area contributed by atoms with Gasteiger partial charge in [-0.25, -0.2) is 4.79 Å². The van der Waals surface area contributed by atoms with Crippen LogP contribution < -0.4 is 10.1 Å². The summed E-state index contributed by atoms with van der Waals surface area (Å²) in [5, 5.41) is 2.79. The van der Waals surface area contributed by atoms with Crippen molar-refractivity contribution in [2.24, 2.45) is 0 Å². The minimum atomic E-state index is -0.460. The van der Waals surface area contributed by atoms with E-state index in [1.807, 2.05) is 36.4 Å². The number of carbonyl (C=O) groups excluding carboxylic acids is 2. The molecule has 1 N–H and O–H groups in total. The van der Waals surface area contributed by atoms with Crippen molar-refractivity contribution in [1.29, 1.82) is 0 Å². The summed E-state index contributed by atoms with van der Waals surface area (Å²) in [4.78, 5) is 24.2. The number of aryl methyl sites for hydroxylation is 2. The molecule has 0 saturated carbocycles. The maximum Gasteiger partial charge on any atom is 0.336 e. The molecule has 0 unspecified atom stereocenters. The lowest BCUT2D eigenvalue weighted by Crippen LogP contribution is -2.08. The maximum atomic E-state index is 12.1. The molecule has 3 rings (SSSR count). The third-order valence-electron chi connectivity index (χ3n) is 4.96. The summed E-state index contributed by atoms with van der Waals surface area (Å²) >= 11 is 0. The quantitative estimate of drug-likeness (QED) is 0.270. The molecule has 0 spiro atoms. The third kappa shape index (κ3) is 7.10. The number of carbonyl (C=O) groups is 2. The van der Waals surface area contributed by atoms with E-state index < -0.39 is 5.97 Å². The highest BCUT2D eigenvalue weighted by Crippen LogP contribution is 2.16. The van der Waals surface area contributed by atoms with Crippen molar-refractivity contribution >= 4 is 29.7 Å². The fraction of sp³-hybridized carbons (Fsp3) is 0.143. The van der Waals surface area contributed by atoms with Gasteiger partial charge in [0.1, 0.15) is 5.75 Å². The van der Waals surface area contributed by atoms with E-state index in [9.17, 15) is 9.59 Å². The number of hydrogen-bond donors (Lipinski definition) is 1. The Morgan fingerprint density at radius 3 is 1.72 bits per heavy atom. The Kier molecular flexibility index (Phi) is 8.15. The predicted molar refractivity (Wildman–Crippen MR) is 130 cm³/mol. The van der Waals surface area contributed by atoms with Gasteiger partial charge < -0.3 is 10.1 Å². The van der Waals surface area contributed by atoms with Crippen LogP contribution in [0.25, 0.3) is 12.2 Å². The van der Waals surface area contributed by atoms with Gasteiger partial charge >= 0.3 is 5.97 Å². The number of hydrogen-bond acceptors (Lipinski definition) is 3. The molecular weight excluding hydrogens is 398 g/mol. The topological polar surface area (TPSA) is 55.4 Å². The smallest absolute Gasteiger partial charge is 0.336 e. The van der Waals surface area contributed by atoms with Gasteiger partial charge in [0.2, 0.25) is 5.91 Å². The van der Waals surface area contributed by atoms with Crippen LogP contribution >= 0.6 is 0 Å². The number of anilines is 1. The van der Waals surface area contributed by atoms with E-state index in [-0.39, 0.29) is 5.91 Å². The Balaban J connectivity index is 1.50. The first-order valence-electron chi connectivity index (χ1n) is 10.7. The molecule has 0 radical (unpaired) electrons. The van der Waals surface area contributed by atoms with Crippen LogP contribution in [0, 0.1) is 0 Å². The Hall–Kier alpha value is -3.92. The Morgan fingerprint density at radius 1 is 0.719 bits per heavy atom. The molecule has 0 bridgehead atoms. The van der Waals surface area contributed by atoms with Crippen molar-refractivity contribution in [3.8, 4) is 5.75 Å². The molecule has 0 saturated heterocycles. The lowest BCUT2D eigenvalue weighted by atomic mass is 10.1. The van der Waals surface area contributed by atoms with Crippen molar-refractivity contribution < 1.29 is 14.3 Å². The molecule has 1 amide bonds. The number of esters is 1. The summed E-state index contributed by atoms with van der Waals surface area (Å²) < 4.78 is 5.31. The van der Waals surface area contributed by atoms with Gasteiger partial charge in [0.05, 0.1) is 0 Å². The van der Waals surface area contributed by atoms with E-state index in [0.717, 1.165) is 24.0 Å². The number of rotatable bonds is 8. The Morgan fingerprint density at radius 2 is 1.22 bits per heavy atom. The molecule has 4 nitrogen and oxygen atoms in total. The summed E-state index contributed by atoms with van der Waals surface area (Å²) in [6.45, 7) is 4.20. The van der Waals surface area contributed by atoms with Crippen molar-refractivity contribution in [3.05, 3.63) is 107 Å². The maximum absolute atomic E-state index is 12.1. The molecule has 0 atom stereocenters. The molecule has 0 aliphatic carbocycles. The molecular formula is C28H27NO3. The molecule has 0 heterocycles. The first kappa shape index (κ1) is 22.8. The van der Waals surface area contributed by atoms with Gasteiger partial charge in [-0.15, -0.1) is 0 Å². The first-order chi connectivity index (χ1) is 15.6. The van der Waals surface area contributed by atoms with E-state index in [1.165, 1.54) is 23.3 Å². The molecule has 0 aliphatic heterocycles. The van der Waals surface area contributed by atoms with Crippen LogP contribution in [0.2, 0.25) is 0 Å². The second-order valence-corrected chi connectivity index (χ2v) is 7.29. The summed E-state index contributed by atoms with van der Waals surface area (Å²) in [5.41, 5.74) is 5.03. The lowest BCUT2D eigenvalue weighted by Gasteiger charge is -2.05. The highest BCUT2D eigenvalue weighted by Gasteiger charge is 2.03. The highest BCUT2D eigenvalue weighted by atomic mass is 16.5. The van der Waals surface area contributed by atoms with Crippen molar-refractivity contribution in [2.45, 2.75) is 26.7 Å². The zero-order valence-corrected chi connectivity index (χ0v) is 18.4. The summed E-state index contributed by atoms with van der Waals surface area (Å²) in [5.74, 6) is -0.282. The van der Waals surface area contributed by atoms with E-state index in [0.29, 0.717) is 11.4 Å². The van der Waals surface area contributed by atoms with Crippen molar-refractivity contribution in [2.75, 3.05) is 5.32 Å². The average Bonchev–Trinajstić information content (AvgIpc) is 2.83. The Labute approximate surface area is 189 Å². The summed E-state index contributed by atoms with van der Waals surface area (Å²) in [7, 11) is 0. The monoisotopic (exact) mass is 425 g/mol. The molecule has 0 aromatic heterocycles. The first-order valence-corrected chi connectivity index (χ1v) is 10.7. The van der Waals surface area contributed by atoms with Gasteiger partial charge in [-0.2, -0.15) is 0 Å². The van der Waals surface area contributed by atoms with E-state index in [4.69, 9.17) is 4.74 Å². The van der Waals surface area contributed by atoms with Crippen LogP contribution in [0.15, 0.2) is 84.9 Å². The predicted octanol–water partition coefficient (Wildman–Crippen LogP) is 6.08. The standard InChI is InChI=1S/C28H27NO3/c1-3-21-5-9-23(10-6-21)13-19-27(30)29-25-15-17-26(18-16-25)32-28(31)20-14-24-11-7-22(4-2)8-12-24/h5-20H,3-4H2,1-2H3,(H,29,30). The minimum absolute atomic E-state index is 0.230. The average molecular weight is 426 g/mol. The second-order valence-electron chi connectivity index (χ2n) is 7.29. The van der Waals surface area contributed by atoms with E-state index in [2.05, 4.69) is 31.3 Å². The van der Waals surface area contributed by atoms with Crippen molar-refractivity contribution in [1.82, 2.24) is 0 Å². The number of benzene rings is 3. The van der Waals surface area contributed by atoms with Gasteiger partial charge in [0, 0.05) is 17.8 Å². The number of amides is 1. The van der Waals surface area contributed by atoms with Gasteiger partial charge in [0.15, 0.2) is 0 Å². The van der Waals surface area contributed by atoms with Crippen LogP contribution in [0.3, 0.4) is 0 Å². The van der Waals surface area contributed by atoms with Gasteiger partial charge in [-0.3, -0.25) is 4.79 Å². The molecule has 3 aromatic carbocycles. The van der Waals surface area contributed by atoms with E-state index >= 15 is 0 Å². The molecule has 162 valence electrons. The normalized spacial score (nSPS) is 11.1. The zero-order chi connectivity index (χ0) is 22.8. The van der Waals surface area contributed by atoms with Crippen LogP contribution in [-0.4, -0.2) is 11.9 Å². The molecule has 4 heteroatoms. The Bertz CT molecular complexity index is 1000. The van der Waals surface area contributed by atoms with Gasteiger partial charge in [0.25, 0.3) is 0 Å². The summed E-state index contributed by atoms with van der Waals surface area (Å²) in [6, 6.07) is 22.8. The molecule has 3 aromatic rings. The van der Waals surface area contributed by atoms with E-state index in [1.54, 1.807) is 36.4 Å². The van der Waals surface area contributed by atoms with Crippen LogP contribution in [-0.2, 0) is 22.4 Å². The SMILES string of the molecule is CCc1ccc(C=CC(=O)Nc2ccc(OC(=O)C=Cc3ccc(CC)cc3)cc2)cc1. The number of nitrogens with one attached hydrogen (secondary N) is 1. The van der Waals surface area contributed by atoms with Crippen LogP contribution in [0.4, 0.5) is 5.69 Å². The number of ether oxygens (including phenoxy) is 1. The van der Waals surface area contributed by atoms with Crippen LogP contribution in [0.1, 0.15) is 36.1 Å². The van der Waals surface area contributed by atoms with Gasteiger partial charge in [-0.05, 0) is 71.5 Å². The molecule has 0 fully saturated rings. The van der Waals surface area contributed by atoms with Crippen molar-refractivity contribution in [3.63, 3.8) is 0 Å². The molecule has 0 aliphatic rings. The molecule has 32 heavy (non-hydrogen) atoms. The third-order valence-corrected chi connectivity index (χ3v) is 4.96. The fourth-order valence-corrected chi connectivity index (χ4v) is 3.01. The highest BCUT2D eigenvalue weighted by molar-refractivity contribution is 6.02. The minimum Gasteiger partial charge on any atom is -0.423 e. The summed E-state index contributed by atoms with van der Waals surface area (Å²) in [6.07, 6.45) is 8.34.